The predicted molar refractivity (Wildman–Crippen MR) is 121 cm³/mol. The lowest BCUT2D eigenvalue weighted by molar-refractivity contribution is -0.119. The minimum absolute atomic E-state index is 0.0221. The molecule has 1 N–H and O–H groups in total. The van der Waals surface area contributed by atoms with Crippen LogP contribution in [0.5, 0.6) is 0 Å². The number of thioether (sulfide) groups is 1. The molecule has 0 spiro atoms. The highest BCUT2D eigenvalue weighted by Gasteiger charge is 2.22. The Labute approximate surface area is 183 Å². The fourth-order valence-electron chi connectivity index (χ4n) is 3.82. The van der Waals surface area contributed by atoms with Gasteiger partial charge in [0.15, 0.2) is 5.16 Å². The third-order valence-electron chi connectivity index (χ3n) is 5.28. The molecule has 0 fully saturated rings. The first-order valence-corrected chi connectivity index (χ1v) is 12.0. The Morgan fingerprint density at radius 3 is 3.03 bits per heavy atom. The van der Waals surface area contributed by atoms with Crippen molar-refractivity contribution >= 4 is 39.2 Å². The van der Waals surface area contributed by atoms with Crippen molar-refractivity contribution in [2.45, 2.75) is 56.8 Å². The molecule has 0 saturated heterocycles. The molecule has 1 aliphatic rings. The van der Waals surface area contributed by atoms with Gasteiger partial charge >= 0.3 is 0 Å². The van der Waals surface area contributed by atoms with Crippen LogP contribution < -0.4 is 10.9 Å². The van der Waals surface area contributed by atoms with Crippen molar-refractivity contribution in [2.24, 2.45) is 0 Å². The first-order chi connectivity index (χ1) is 14.6. The molecule has 0 radical (unpaired) electrons. The Bertz CT molecular complexity index is 1120. The smallest absolute Gasteiger partial charge is 0.263 e. The van der Waals surface area contributed by atoms with Gasteiger partial charge in [0.1, 0.15) is 10.6 Å². The molecular weight excluding hydrogens is 418 g/mol. The van der Waals surface area contributed by atoms with Crippen molar-refractivity contribution in [3.63, 3.8) is 0 Å². The number of nitrogens with one attached hydrogen (secondary N) is 1. The van der Waals surface area contributed by atoms with Crippen LogP contribution in [-0.2, 0) is 24.2 Å². The molecule has 8 heteroatoms. The Balaban J connectivity index is 1.58. The summed E-state index contributed by atoms with van der Waals surface area (Å²) in [6.07, 6.45) is 8.73. The van der Waals surface area contributed by atoms with E-state index in [9.17, 15) is 9.59 Å². The van der Waals surface area contributed by atoms with E-state index in [-0.39, 0.29) is 23.3 Å². The van der Waals surface area contributed by atoms with Crippen LogP contribution in [-0.4, -0.2) is 21.2 Å². The topological polar surface area (TPSA) is 77.1 Å². The number of carbonyl (C=O) groups is 1. The summed E-state index contributed by atoms with van der Waals surface area (Å²) in [5.74, 6) is 0.743. The third kappa shape index (κ3) is 4.25. The number of hydrogen-bond acceptors (Lipinski definition) is 6. The van der Waals surface area contributed by atoms with Crippen LogP contribution in [0.25, 0.3) is 10.2 Å². The second-order valence-corrected chi connectivity index (χ2v) is 9.46. The van der Waals surface area contributed by atoms with E-state index in [0.29, 0.717) is 17.5 Å². The summed E-state index contributed by atoms with van der Waals surface area (Å²) < 4.78 is 6.97. The summed E-state index contributed by atoms with van der Waals surface area (Å²) in [6.45, 7) is 6.03. The average Bonchev–Trinajstić information content (AvgIpc) is 3.32. The van der Waals surface area contributed by atoms with Crippen molar-refractivity contribution in [3.8, 4) is 0 Å². The number of thiophene rings is 1. The maximum absolute atomic E-state index is 13.3. The molecule has 1 atom stereocenters. The van der Waals surface area contributed by atoms with Gasteiger partial charge in [-0.2, -0.15) is 0 Å². The molecule has 1 aliphatic carbocycles. The molecular formula is C22H25N3O3S2. The number of aryl methyl sites for hydroxylation is 2. The van der Waals surface area contributed by atoms with E-state index in [4.69, 9.17) is 9.40 Å². The van der Waals surface area contributed by atoms with Crippen molar-refractivity contribution < 1.29 is 9.21 Å². The summed E-state index contributed by atoms with van der Waals surface area (Å²) in [6, 6.07) is 3.41. The summed E-state index contributed by atoms with van der Waals surface area (Å²) in [5, 5.41) is 4.24. The lowest BCUT2D eigenvalue weighted by atomic mass is 10.1. The number of nitrogens with zero attached hydrogens (tertiary/aromatic N) is 2. The summed E-state index contributed by atoms with van der Waals surface area (Å²) in [5.41, 5.74) is 1.16. The molecule has 6 nitrogen and oxygen atoms in total. The largest absolute Gasteiger partial charge is 0.467 e. The van der Waals surface area contributed by atoms with E-state index in [0.717, 1.165) is 35.9 Å². The lowest BCUT2D eigenvalue weighted by Crippen LogP contribution is -2.29. The number of carbonyl (C=O) groups excluding carboxylic acids is 1. The fraction of sp³-hybridized carbons (Fsp3) is 0.409. The number of amides is 1. The number of allylic oxidation sites excluding steroid dienone is 1. The van der Waals surface area contributed by atoms with Crippen LogP contribution in [0.15, 0.2) is 45.4 Å². The SMILES string of the molecule is C=CCn1c(SCC(=O)NC(C)c2ccco2)nc2sc3c(c2c1=O)CCCCC3. The zero-order valence-electron chi connectivity index (χ0n) is 17.0. The number of hydrogen-bond donors (Lipinski definition) is 1. The van der Waals surface area contributed by atoms with Crippen molar-refractivity contribution in [2.75, 3.05) is 5.75 Å². The van der Waals surface area contributed by atoms with Gasteiger partial charge in [-0.05, 0) is 50.3 Å². The van der Waals surface area contributed by atoms with Gasteiger partial charge < -0.3 is 9.73 Å². The molecule has 3 heterocycles. The van der Waals surface area contributed by atoms with Gasteiger partial charge in [-0.3, -0.25) is 14.2 Å². The molecule has 158 valence electrons. The first kappa shape index (κ1) is 20.9. The Morgan fingerprint density at radius 1 is 1.43 bits per heavy atom. The Hall–Kier alpha value is -2.32. The van der Waals surface area contributed by atoms with Gasteiger partial charge in [-0.25, -0.2) is 4.98 Å². The average molecular weight is 444 g/mol. The molecule has 0 bridgehead atoms. The molecule has 1 amide bonds. The maximum atomic E-state index is 13.3. The van der Waals surface area contributed by atoms with Crippen LogP contribution in [0.2, 0.25) is 0 Å². The highest BCUT2D eigenvalue weighted by molar-refractivity contribution is 7.99. The van der Waals surface area contributed by atoms with Crippen LogP contribution in [0, 0.1) is 0 Å². The fourth-order valence-corrected chi connectivity index (χ4v) is 5.94. The number of furan rings is 1. The van der Waals surface area contributed by atoms with Crippen molar-refractivity contribution in [1.29, 1.82) is 0 Å². The zero-order valence-corrected chi connectivity index (χ0v) is 18.6. The molecule has 0 aromatic carbocycles. The van der Waals surface area contributed by atoms with E-state index in [1.54, 1.807) is 34.3 Å². The van der Waals surface area contributed by atoms with Gasteiger partial charge in [0.2, 0.25) is 5.91 Å². The number of aromatic nitrogens is 2. The maximum Gasteiger partial charge on any atom is 0.263 e. The van der Waals surface area contributed by atoms with E-state index in [1.165, 1.54) is 28.6 Å². The van der Waals surface area contributed by atoms with Crippen molar-refractivity contribution in [3.05, 3.63) is 57.6 Å². The highest BCUT2D eigenvalue weighted by atomic mass is 32.2. The highest BCUT2D eigenvalue weighted by Crippen LogP contribution is 2.34. The summed E-state index contributed by atoms with van der Waals surface area (Å²) in [7, 11) is 0. The van der Waals surface area contributed by atoms with Gasteiger partial charge in [-0.15, -0.1) is 17.9 Å². The van der Waals surface area contributed by atoms with Crippen LogP contribution in [0.4, 0.5) is 0 Å². The Kier molecular flexibility index (Phi) is 6.43. The normalized spacial score (nSPS) is 14.8. The molecule has 0 saturated carbocycles. The first-order valence-electron chi connectivity index (χ1n) is 10.2. The lowest BCUT2D eigenvalue weighted by Gasteiger charge is -2.13. The minimum atomic E-state index is -0.216. The van der Waals surface area contributed by atoms with Gasteiger partial charge in [0.25, 0.3) is 5.56 Å². The van der Waals surface area contributed by atoms with Crippen LogP contribution in [0.1, 0.15) is 48.4 Å². The second-order valence-electron chi connectivity index (χ2n) is 7.44. The third-order valence-corrected chi connectivity index (χ3v) is 7.44. The monoisotopic (exact) mass is 443 g/mol. The molecule has 0 aliphatic heterocycles. The predicted octanol–water partition coefficient (Wildman–Crippen LogP) is 4.48. The number of rotatable bonds is 7. The van der Waals surface area contributed by atoms with Crippen molar-refractivity contribution in [1.82, 2.24) is 14.9 Å². The molecule has 1 unspecified atom stereocenters. The van der Waals surface area contributed by atoms with Gasteiger partial charge in [0, 0.05) is 11.4 Å². The summed E-state index contributed by atoms with van der Waals surface area (Å²) >= 11 is 2.92. The van der Waals surface area contributed by atoms with Gasteiger partial charge in [-0.1, -0.05) is 24.3 Å². The molecule has 3 aromatic rings. The Morgan fingerprint density at radius 2 is 2.27 bits per heavy atom. The van der Waals surface area contributed by atoms with Crippen LogP contribution >= 0.6 is 23.1 Å². The standard InChI is InChI=1S/C22H25N3O3S2/c1-3-11-25-21(27)19-15-8-5-4-6-10-17(15)30-20(19)24-22(25)29-13-18(26)23-14(2)16-9-7-12-28-16/h3,7,9,12,14H,1,4-6,8,10-11,13H2,2H3,(H,23,26). The quantitative estimate of drug-likeness (QED) is 0.252. The summed E-state index contributed by atoms with van der Waals surface area (Å²) in [4.78, 5) is 32.6. The van der Waals surface area contributed by atoms with E-state index in [2.05, 4.69) is 11.9 Å². The minimum Gasteiger partial charge on any atom is -0.467 e. The van der Waals surface area contributed by atoms with E-state index < -0.39 is 0 Å². The second kappa shape index (κ2) is 9.22. The molecule has 3 aromatic heterocycles. The number of fused-ring (bicyclic) bond motifs is 3. The van der Waals surface area contributed by atoms with E-state index >= 15 is 0 Å². The van der Waals surface area contributed by atoms with Crippen LogP contribution in [0.3, 0.4) is 0 Å². The van der Waals surface area contributed by atoms with E-state index in [1.807, 2.05) is 13.0 Å². The molecule has 4 rings (SSSR count). The molecule has 30 heavy (non-hydrogen) atoms. The van der Waals surface area contributed by atoms with Gasteiger partial charge in [0.05, 0.1) is 23.4 Å². The zero-order chi connectivity index (χ0) is 21.1.